The Balaban J connectivity index is 1.61. The topological polar surface area (TPSA) is 66.5 Å². The first-order valence-corrected chi connectivity index (χ1v) is 13.5. The van der Waals surface area contributed by atoms with E-state index in [1.807, 2.05) is 19.9 Å². The van der Waals surface area contributed by atoms with Crippen LogP contribution in [0.2, 0.25) is 0 Å². The first-order valence-electron chi connectivity index (χ1n) is 12.0. The maximum absolute atomic E-state index is 14.7. The van der Waals surface area contributed by atoms with Crippen molar-refractivity contribution < 1.29 is 17.6 Å². The third-order valence-electron chi connectivity index (χ3n) is 6.54. The van der Waals surface area contributed by atoms with Crippen molar-refractivity contribution in [2.75, 3.05) is 10.8 Å². The summed E-state index contributed by atoms with van der Waals surface area (Å²) < 4.78 is 42.6. The average Bonchev–Trinajstić information content (AvgIpc) is 2.86. The molecule has 3 aromatic carbocycles. The minimum atomic E-state index is -4.18. The van der Waals surface area contributed by atoms with Crippen LogP contribution in [0.25, 0.3) is 0 Å². The Morgan fingerprint density at radius 2 is 1.69 bits per heavy atom. The molecule has 4 rings (SSSR count). The molecule has 0 aliphatic heterocycles. The number of sulfonamides is 1. The molecule has 0 saturated heterocycles. The number of benzene rings is 3. The highest BCUT2D eigenvalue weighted by Gasteiger charge is 2.30. The molecule has 35 heavy (non-hydrogen) atoms. The number of hydrogen-bond donors (Lipinski definition) is 1. The number of carbonyl (C=O) groups is 1. The predicted molar refractivity (Wildman–Crippen MR) is 136 cm³/mol. The second-order valence-electron chi connectivity index (χ2n) is 9.04. The van der Waals surface area contributed by atoms with E-state index < -0.39 is 28.3 Å². The van der Waals surface area contributed by atoms with Gasteiger partial charge in [0, 0.05) is 0 Å². The largest absolute Gasteiger partial charge is 0.348 e. The lowest BCUT2D eigenvalue weighted by atomic mass is 9.89. The number of amides is 1. The molecule has 1 amide bonds. The summed E-state index contributed by atoms with van der Waals surface area (Å²) in [6.07, 6.45) is 5.11. The fourth-order valence-corrected chi connectivity index (χ4v) is 5.98. The summed E-state index contributed by atoms with van der Waals surface area (Å²) in [6, 6.07) is 17.9. The van der Waals surface area contributed by atoms with Crippen LogP contribution in [-0.4, -0.2) is 20.9 Å². The minimum Gasteiger partial charge on any atom is -0.348 e. The van der Waals surface area contributed by atoms with Gasteiger partial charge in [-0.15, -0.1) is 0 Å². The summed E-state index contributed by atoms with van der Waals surface area (Å²) in [5.41, 5.74) is 4.41. The van der Waals surface area contributed by atoms with Gasteiger partial charge in [-0.2, -0.15) is 0 Å². The molecule has 0 bridgehead atoms. The molecule has 0 spiro atoms. The molecular formula is C28H31FN2O3S. The van der Waals surface area contributed by atoms with Crippen LogP contribution >= 0.6 is 0 Å². The van der Waals surface area contributed by atoms with Crippen molar-refractivity contribution >= 4 is 21.6 Å². The van der Waals surface area contributed by atoms with Gasteiger partial charge in [0.25, 0.3) is 10.0 Å². The van der Waals surface area contributed by atoms with E-state index >= 15 is 0 Å². The van der Waals surface area contributed by atoms with Crippen LogP contribution in [0.4, 0.5) is 10.1 Å². The van der Waals surface area contributed by atoms with E-state index in [4.69, 9.17) is 0 Å². The number of halogens is 1. The fraction of sp³-hybridized carbons (Fsp3) is 0.321. The van der Waals surface area contributed by atoms with Gasteiger partial charge < -0.3 is 5.32 Å². The lowest BCUT2D eigenvalue weighted by molar-refractivity contribution is -0.120. The number of para-hydroxylation sites is 1. The van der Waals surface area contributed by atoms with Crippen LogP contribution in [0, 0.1) is 12.7 Å². The fourth-order valence-electron chi connectivity index (χ4n) is 4.55. The number of anilines is 1. The number of fused-ring (bicyclic) bond motifs is 1. The van der Waals surface area contributed by atoms with E-state index in [9.17, 15) is 17.6 Å². The highest BCUT2D eigenvalue weighted by Crippen LogP contribution is 2.28. The third kappa shape index (κ3) is 5.56. The molecule has 7 heteroatoms. The number of hydrogen-bond acceptors (Lipinski definition) is 3. The summed E-state index contributed by atoms with van der Waals surface area (Å²) >= 11 is 0. The van der Waals surface area contributed by atoms with E-state index in [0.717, 1.165) is 34.7 Å². The van der Waals surface area contributed by atoms with Gasteiger partial charge in [0.1, 0.15) is 12.4 Å². The predicted octanol–water partition coefficient (Wildman–Crippen LogP) is 5.48. The zero-order chi connectivity index (χ0) is 25.0. The molecule has 0 saturated carbocycles. The first-order chi connectivity index (χ1) is 16.8. The Morgan fingerprint density at radius 3 is 2.37 bits per heavy atom. The average molecular weight is 495 g/mol. The second-order valence-corrected chi connectivity index (χ2v) is 10.9. The van der Waals surface area contributed by atoms with Gasteiger partial charge in [0.15, 0.2) is 0 Å². The lowest BCUT2D eigenvalue weighted by Crippen LogP contribution is -2.42. The molecule has 0 radical (unpaired) electrons. The van der Waals surface area contributed by atoms with Crippen LogP contribution in [-0.2, 0) is 27.7 Å². The Morgan fingerprint density at radius 1 is 1.00 bits per heavy atom. The van der Waals surface area contributed by atoms with Crippen LogP contribution in [0.5, 0.6) is 0 Å². The minimum absolute atomic E-state index is 0.000817. The highest BCUT2D eigenvalue weighted by atomic mass is 32.2. The first kappa shape index (κ1) is 24.9. The van der Waals surface area contributed by atoms with Gasteiger partial charge in [-0.3, -0.25) is 9.10 Å². The molecule has 5 nitrogen and oxygen atoms in total. The van der Waals surface area contributed by atoms with Crippen LogP contribution in [0.3, 0.4) is 0 Å². The summed E-state index contributed by atoms with van der Waals surface area (Å²) in [6.45, 7) is 3.30. The molecule has 3 aromatic rings. The SMILES string of the molecule is CC[C@H](NC(=O)CN(c1ccccc1F)S(=O)(=O)c1ccc(C)cc1)c1ccc2c(c1)CCCC2. The summed E-state index contributed by atoms with van der Waals surface area (Å²) in [4.78, 5) is 13.2. The monoisotopic (exact) mass is 494 g/mol. The third-order valence-corrected chi connectivity index (χ3v) is 8.31. The Bertz CT molecular complexity index is 1310. The van der Waals surface area contributed by atoms with Crippen LogP contribution < -0.4 is 9.62 Å². The Hall–Kier alpha value is -3.19. The van der Waals surface area contributed by atoms with Gasteiger partial charge in [-0.1, -0.05) is 55.0 Å². The summed E-state index contributed by atoms with van der Waals surface area (Å²) in [5, 5.41) is 2.97. The van der Waals surface area contributed by atoms with E-state index in [-0.39, 0.29) is 16.6 Å². The molecule has 184 valence electrons. The number of aryl methyl sites for hydroxylation is 3. The van der Waals surface area contributed by atoms with Gasteiger partial charge in [0.05, 0.1) is 16.6 Å². The summed E-state index contributed by atoms with van der Waals surface area (Å²) in [7, 11) is -4.18. The number of carbonyl (C=O) groups excluding carboxylic acids is 1. The van der Waals surface area contributed by atoms with Crippen molar-refractivity contribution in [1.82, 2.24) is 5.32 Å². The number of nitrogens with zero attached hydrogens (tertiary/aromatic N) is 1. The van der Waals surface area contributed by atoms with E-state index in [2.05, 4.69) is 17.4 Å². The zero-order valence-electron chi connectivity index (χ0n) is 20.1. The Kier molecular flexibility index (Phi) is 7.55. The maximum atomic E-state index is 14.7. The van der Waals surface area contributed by atoms with Crippen LogP contribution in [0.1, 0.15) is 54.5 Å². The number of rotatable bonds is 8. The van der Waals surface area contributed by atoms with E-state index in [0.29, 0.717) is 6.42 Å². The molecular weight excluding hydrogens is 463 g/mol. The molecule has 0 unspecified atom stereocenters. The lowest BCUT2D eigenvalue weighted by Gasteiger charge is -2.26. The van der Waals surface area contributed by atoms with E-state index in [1.165, 1.54) is 47.9 Å². The van der Waals surface area contributed by atoms with Crippen molar-refractivity contribution in [3.8, 4) is 0 Å². The molecule has 1 N–H and O–H groups in total. The quantitative estimate of drug-likeness (QED) is 0.451. The van der Waals surface area contributed by atoms with Crippen molar-refractivity contribution in [3.63, 3.8) is 0 Å². The van der Waals surface area contributed by atoms with E-state index in [1.54, 1.807) is 18.2 Å². The van der Waals surface area contributed by atoms with Crippen molar-refractivity contribution in [2.24, 2.45) is 0 Å². The smallest absolute Gasteiger partial charge is 0.264 e. The Labute approximate surface area is 207 Å². The van der Waals surface area contributed by atoms with Gasteiger partial charge >= 0.3 is 0 Å². The van der Waals surface area contributed by atoms with Gasteiger partial charge in [0.2, 0.25) is 5.91 Å². The van der Waals surface area contributed by atoms with Crippen molar-refractivity contribution in [2.45, 2.75) is 56.9 Å². The van der Waals surface area contributed by atoms with Crippen LogP contribution in [0.15, 0.2) is 71.6 Å². The van der Waals surface area contributed by atoms with Crippen molar-refractivity contribution in [1.29, 1.82) is 0 Å². The highest BCUT2D eigenvalue weighted by molar-refractivity contribution is 7.92. The standard InChI is InChI=1S/C28H31FN2O3S/c1-3-26(23-15-14-21-8-4-5-9-22(21)18-23)30-28(32)19-31(27-11-7-6-10-25(27)29)35(33,34)24-16-12-20(2)13-17-24/h6-7,10-18,26H,3-5,8-9,19H2,1-2H3,(H,30,32)/t26-/m0/s1. The maximum Gasteiger partial charge on any atom is 0.264 e. The van der Waals surface area contributed by atoms with Gasteiger partial charge in [-0.25, -0.2) is 12.8 Å². The molecule has 0 aromatic heterocycles. The zero-order valence-corrected chi connectivity index (χ0v) is 20.9. The normalized spacial score (nSPS) is 14.1. The van der Waals surface area contributed by atoms with Gasteiger partial charge in [-0.05, 0) is 80.0 Å². The summed E-state index contributed by atoms with van der Waals surface area (Å²) in [5.74, 6) is -1.20. The second kappa shape index (κ2) is 10.6. The molecule has 1 atom stereocenters. The molecule has 1 aliphatic rings. The molecule has 1 aliphatic carbocycles. The van der Waals surface area contributed by atoms with Crippen molar-refractivity contribution in [3.05, 3.63) is 94.8 Å². The number of nitrogens with one attached hydrogen (secondary N) is 1. The molecule has 0 fully saturated rings. The molecule has 0 heterocycles.